The summed E-state index contributed by atoms with van der Waals surface area (Å²) >= 11 is 6.36. The van der Waals surface area contributed by atoms with Crippen LogP contribution >= 0.6 is 11.6 Å². The molecule has 0 saturated carbocycles. The van der Waals surface area contributed by atoms with Crippen molar-refractivity contribution < 1.29 is 13.2 Å². The number of carbonyl (C=O) groups excluding carboxylic acids is 1. The van der Waals surface area contributed by atoms with Crippen LogP contribution in [0.15, 0.2) is 72.8 Å². The Hall–Kier alpha value is -3.03. The Morgan fingerprint density at radius 2 is 1.63 bits per heavy atom. The molecule has 0 spiro atoms. The van der Waals surface area contributed by atoms with Crippen LogP contribution < -0.4 is 15.4 Å². The van der Waals surface area contributed by atoms with E-state index in [4.69, 9.17) is 11.6 Å². The van der Waals surface area contributed by atoms with E-state index in [0.717, 1.165) is 11.3 Å². The molecule has 0 atom stereocenters. The van der Waals surface area contributed by atoms with Crippen LogP contribution in [-0.4, -0.2) is 20.1 Å². The normalized spacial score (nSPS) is 11.0. The van der Waals surface area contributed by atoms with Gasteiger partial charge in [0.2, 0.25) is 10.0 Å². The van der Waals surface area contributed by atoms with Crippen LogP contribution in [0.2, 0.25) is 5.02 Å². The molecule has 3 aromatic carbocycles. The van der Waals surface area contributed by atoms with Crippen molar-refractivity contribution in [3.63, 3.8) is 0 Å². The van der Waals surface area contributed by atoms with Gasteiger partial charge in [-0.2, -0.15) is 0 Å². The molecule has 0 unspecified atom stereocenters. The number of amides is 1. The summed E-state index contributed by atoms with van der Waals surface area (Å²) in [5.41, 5.74) is 2.82. The second-order valence-corrected chi connectivity index (χ2v) is 8.96. The smallest absolute Gasteiger partial charge is 0.257 e. The Bertz CT molecular complexity index is 1140. The summed E-state index contributed by atoms with van der Waals surface area (Å²) < 4.78 is 26.2. The van der Waals surface area contributed by atoms with Crippen molar-refractivity contribution in [3.05, 3.63) is 88.9 Å². The van der Waals surface area contributed by atoms with Crippen molar-refractivity contribution in [1.29, 1.82) is 0 Å². The number of sulfonamides is 1. The maximum absolute atomic E-state index is 12.7. The molecule has 0 aromatic heterocycles. The summed E-state index contributed by atoms with van der Waals surface area (Å²) in [5, 5.41) is 6.48. The fourth-order valence-electron chi connectivity index (χ4n) is 2.74. The van der Waals surface area contributed by atoms with Crippen molar-refractivity contribution in [2.24, 2.45) is 0 Å². The highest BCUT2D eigenvalue weighted by Gasteiger charge is 2.16. The molecular weight excluding hydrogens is 422 g/mol. The van der Waals surface area contributed by atoms with E-state index in [9.17, 15) is 13.2 Å². The Balaban J connectivity index is 1.71. The molecule has 3 N–H and O–H groups in total. The van der Waals surface area contributed by atoms with Gasteiger partial charge in [-0.05, 0) is 42.8 Å². The fraction of sp³-hybridized carbons (Fsp3) is 0.136. The highest BCUT2D eigenvalue weighted by molar-refractivity contribution is 7.92. The van der Waals surface area contributed by atoms with Crippen LogP contribution in [0.25, 0.3) is 0 Å². The first-order valence-electron chi connectivity index (χ1n) is 9.36. The van der Waals surface area contributed by atoms with Crippen LogP contribution in [0.1, 0.15) is 22.8 Å². The molecule has 3 aromatic rings. The average Bonchev–Trinajstić information content (AvgIpc) is 2.74. The van der Waals surface area contributed by atoms with Gasteiger partial charge in [0.1, 0.15) is 0 Å². The Morgan fingerprint density at radius 1 is 0.933 bits per heavy atom. The van der Waals surface area contributed by atoms with Gasteiger partial charge in [-0.3, -0.25) is 9.52 Å². The molecule has 0 bridgehead atoms. The number of rotatable bonds is 8. The van der Waals surface area contributed by atoms with Gasteiger partial charge >= 0.3 is 0 Å². The Labute approximate surface area is 181 Å². The number of carbonyl (C=O) groups is 1. The molecule has 0 saturated heterocycles. The van der Waals surface area contributed by atoms with Crippen molar-refractivity contribution in [3.8, 4) is 0 Å². The van der Waals surface area contributed by atoms with Crippen LogP contribution in [0.4, 0.5) is 17.1 Å². The molecule has 0 aliphatic heterocycles. The van der Waals surface area contributed by atoms with E-state index in [2.05, 4.69) is 15.4 Å². The zero-order valence-electron chi connectivity index (χ0n) is 16.4. The van der Waals surface area contributed by atoms with Gasteiger partial charge in [-0.25, -0.2) is 8.42 Å². The molecule has 30 heavy (non-hydrogen) atoms. The average molecular weight is 444 g/mol. The lowest BCUT2D eigenvalue weighted by molar-refractivity contribution is 0.102. The SMILES string of the molecule is CCS(=O)(=O)Nc1ccccc1C(=O)Nc1ccc(NCc2ccccc2)c(Cl)c1. The molecule has 0 aliphatic carbocycles. The lowest BCUT2D eigenvalue weighted by atomic mass is 10.1. The summed E-state index contributed by atoms with van der Waals surface area (Å²) in [6.07, 6.45) is 0. The number of para-hydroxylation sites is 1. The molecular formula is C22H22ClN3O3S. The lowest BCUT2D eigenvalue weighted by Crippen LogP contribution is -2.19. The van der Waals surface area contributed by atoms with E-state index in [1.165, 1.54) is 6.92 Å². The van der Waals surface area contributed by atoms with Gasteiger partial charge in [-0.1, -0.05) is 54.1 Å². The molecule has 1 amide bonds. The van der Waals surface area contributed by atoms with Crippen LogP contribution in [0.5, 0.6) is 0 Å². The quantitative estimate of drug-likeness (QED) is 0.459. The Kier molecular flexibility index (Phi) is 6.97. The van der Waals surface area contributed by atoms with Crippen molar-refractivity contribution >= 4 is 44.6 Å². The predicted molar refractivity (Wildman–Crippen MR) is 123 cm³/mol. The number of benzene rings is 3. The second-order valence-electron chi connectivity index (χ2n) is 6.54. The summed E-state index contributed by atoms with van der Waals surface area (Å²) in [6, 6.07) is 21.5. The zero-order chi connectivity index (χ0) is 21.6. The molecule has 0 fully saturated rings. The van der Waals surface area contributed by atoms with Crippen molar-refractivity contribution in [2.75, 3.05) is 21.1 Å². The number of anilines is 3. The van der Waals surface area contributed by atoms with Gasteiger partial charge < -0.3 is 10.6 Å². The third-order valence-electron chi connectivity index (χ3n) is 4.37. The maximum atomic E-state index is 12.7. The monoisotopic (exact) mass is 443 g/mol. The van der Waals surface area contributed by atoms with Crippen LogP contribution in [0.3, 0.4) is 0 Å². The summed E-state index contributed by atoms with van der Waals surface area (Å²) in [5.74, 6) is -0.527. The lowest BCUT2D eigenvalue weighted by Gasteiger charge is -2.13. The van der Waals surface area contributed by atoms with Gasteiger partial charge in [-0.15, -0.1) is 0 Å². The zero-order valence-corrected chi connectivity index (χ0v) is 17.9. The third-order valence-corrected chi connectivity index (χ3v) is 5.97. The minimum absolute atomic E-state index is 0.0873. The van der Waals surface area contributed by atoms with E-state index in [1.54, 1.807) is 42.5 Å². The first kappa shape index (κ1) is 21.7. The largest absolute Gasteiger partial charge is 0.380 e. The summed E-state index contributed by atoms with van der Waals surface area (Å²) in [4.78, 5) is 12.7. The molecule has 3 rings (SSSR count). The molecule has 156 valence electrons. The molecule has 0 aliphatic rings. The topological polar surface area (TPSA) is 87.3 Å². The maximum Gasteiger partial charge on any atom is 0.257 e. The van der Waals surface area contributed by atoms with Crippen LogP contribution in [0, 0.1) is 0 Å². The summed E-state index contributed by atoms with van der Waals surface area (Å²) in [7, 11) is -3.50. The number of nitrogens with one attached hydrogen (secondary N) is 3. The van der Waals surface area contributed by atoms with Crippen LogP contribution in [-0.2, 0) is 16.6 Å². The third kappa shape index (κ3) is 5.75. The first-order valence-corrected chi connectivity index (χ1v) is 11.4. The second kappa shape index (κ2) is 9.65. The van der Waals surface area contributed by atoms with Gasteiger partial charge in [0.25, 0.3) is 5.91 Å². The van der Waals surface area contributed by atoms with Gasteiger partial charge in [0, 0.05) is 12.2 Å². The number of halogens is 1. The minimum atomic E-state index is -3.50. The molecule has 0 radical (unpaired) electrons. The Morgan fingerprint density at radius 3 is 2.33 bits per heavy atom. The molecule has 0 heterocycles. The highest BCUT2D eigenvalue weighted by atomic mass is 35.5. The predicted octanol–water partition coefficient (Wildman–Crippen LogP) is 4.97. The molecule has 8 heteroatoms. The fourth-order valence-corrected chi connectivity index (χ4v) is 3.64. The standard InChI is InChI=1S/C22H22ClN3O3S/c1-2-30(28,29)26-20-11-7-6-10-18(20)22(27)25-17-12-13-21(19(23)14-17)24-15-16-8-4-3-5-9-16/h3-14,24,26H,2,15H2,1H3,(H,25,27). The summed E-state index contributed by atoms with van der Waals surface area (Å²) in [6.45, 7) is 2.15. The number of hydrogen-bond acceptors (Lipinski definition) is 4. The van der Waals surface area contributed by atoms with E-state index in [0.29, 0.717) is 17.3 Å². The minimum Gasteiger partial charge on any atom is -0.380 e. The van der Waals surface area contributed by atoms with E-state index in [-0.39, 0.29) is 17.0 Å². The van der Waals surface area contributed by atoms with Crippen molar-refractivity contribution in [2.45, 2.75) is 13.5 Å². The van der Waals surface area contributed by atoms with Gasteiger partial charge in [0.15, 0.2) is 0 Å². The van der Waals surface area contributed by atoms with Crippen molar-refractivity contribution in [1.82, 2.24) is 0 Å². The van der Waals surface area contributed by atoms with E-state index in [1.807, 2.05) is 30.3 Å². The first-order chi connectivity index (χ1) is 14.4. The van der Waals surface area contributed by atoms with E-state index >= 15 is 0 Å². The molecule has 6 nitrogen and oxygen atoms in total. The highest BCUT2D eigenvalue weighted by Crippen LogP contribution is 2.27. The van der Waals surface area contributed by atoms with E-state index < -0.39 is 15.9 Å². The number of hydrogen-bond donors (Lipinski definition) is 3. The van der Waals surface area contributed by atoms with Gasteiger partial charge in [0.05, 0.1) is 27.7 Å².